The van der Waals surface area contributed by atoms with Crippen LogP contribution in [-0.4, -0.2) is 18.3 Å². The number of aliphatic hydroxyl groups is 1. The standard InChI is InChI=1S/C11H15ClO3/c1-7(2)15-11-4-8(6-13)9(12)5-10(11)14-3/h4-5,7,13H,6H2,1-3H3. The molecule has 15 heavy (non-hydrogen) atoms. The Balaban J connectivity index is 3.10. The number of halogens is 1. The van der Waals surface area contributed by atoms with Crippen molar-refractivity contribution in [2.75, 3.05) is 7.11 Å². The van der Waals surface area contributed by atoms with Gasteiger partial charge in [0.25, 0.3) is 0 Å². The van der Waals surface area contributed by atoms with Crippen LogP contribution in [0, 0.1) is 0 Å². The Morgan fingerprint density at radius 3 is 2.47 bits per heavy atom. The van der Waals surface area contributed by atoms with E-state index >= 15 is 0 Å². The third-order valence-electron chi connectivity index (χ3n) is 1.87. The molecule has 1 aromatic carbocycles. The Morgan fingerprint density at radius 2 is 2.00 bits per heavy atom. The highest BCUT2D eigenvalue weighted by Crippen LogP contribution is 2.33. The van der Waals surface area contributed by atoms with Crippen molar-refractivity contribution in [3.05, 3.63) is 22.7 Å². The summed E-state index contributed by atoms with van der Waals surface area (Å²) in [5, 5.41) is 9.54. The zero-order valence-electron chi connectivity index (χ0n) is 9.08. The highest BCUT2D eigenvalue weighted by Gasteiger charge is 2.10. The fraction of sp³-hybridized carbons (Fsp3) is 0.455. The molecular formula is C11H15ClO3. The van der Waals surface area contributed by atoms with E-state index in [1.807, 2.05) is 13.8 Å². The lowest BCUT2D eigenvalue weighted by Crippen LogP contribution is -2.07. The van der Waals surface area contributed by atoms with Gasteiger partial charge in [0.2, 0.25) is 0 Å². The first-order valence-corrected chi connectivity index (χ1v) is 5.10. The molecule has 0 spiro atoms. The molecule has 0 radical (unpaired) electrons. The molecule has 4 heteroatoms. The van der Waals surface area contributed by atoms with Crippen molar-refractivity contribution >= 4 is 11.6 Å². The minimum absolute atomic E-state index is 0.0478. The van der Waals surface area contributed by atoms with E-state index in [0.717, 1.165) is 0 Å². The number of hydrogen-bond acceptors (Lipinski definition) is 3. The molecule has 0 saturated carbocycles. The zero-order chi connectivity index (χ0) is 11.4. The highest BCUT2D eigenvalue weighted by molar-refractivity contribution is 6.31. The van der Waals surface area contributed by atoms with Crippen LogP contribution < -0.4 is 9.47 Å². The van der Waals surface area contributed by atoms with Crippen LogP contribution in [0.4, 0.5) is 0 Å². The minimum atomic E-state index is -0.114. The van der Waals surface area contributed by atoms with E-state index in [-0.39, 0.29) is 12.7 Å². The van der Waals surface area contributed by atoms with Gasteiger partial charge in [-0.1, -0.05) is 11.6 Å². The average molecular weight is 231 g/mol. The maximum absolute atomic E-state index is 9.06. The van der Waals surface area contributed by atoms with Crippen LogP contribution >= 0.6 is 11.6 Å². The first-order chi connectivity index (χ1) is 7.08. The van der Waals surface area contributed by atoms with Crippen LogP contribution in [-0.2, 0) is 6.61 Å². The molecule has 84 valence electrons. The van der Waals surface area contributed by atoms with Gasteiger partial charge < -0.3 is 14.6 Å². The fourth-order valence-corrected chi connectivity index (χ4v) is 1.42. The largest absolute Gasteiger partial charge is 0.493 e. The second kappa shape index (κ2) is 5.24. The lowest BCUT2D eigenvalue weighted by atomic mass is 10.2. The van der Waals surface area contributed by atoms with Gasteiger partial charge in [0, 0.05) is 6.07 Å². The summed E-state index contributed by atoms with van der Waals surface area (Å²) in [6.07, 6.45) is 0.0478. The summed E-state index contributed by atoms with van der Waals surface area (Å²) in [4.78, 5) is 0. The lowest BCUT2D eigenvalue weighted by molar-refractivity contribution is 0.228. The molecule has 0 fully saturated rings. The number of methoxy groups -OCH3 is 1. The van der Waals surface area contributed by atoms with Gasteiger partial charge in [-0.3, -0.25) is 0 Å². The van der Waals surface area contributed by atoms with E-state index in [2.05, 4.69) is 0 Å². The molecule has 0 aliphatic rings. The molecule has 0 heterocycles. The molecule has 1 N–H and O–H groups in total. The Kier molecular flexibility index (Phi) is 4.24. The van der Waals surface area contributed by atoms with Gasteiger partial charge in [-0.05, 0) is 25.5 Å². The van der Waals surface area contributed by atoms with E-state index in [4.69, 9.17) is 26.2 Å². The topological polar surface area (TPSA) is 38.7 Å². The summed E-state index contributed by atoms with van der Waals surface area (Å²) in [5.41, 5.74) is 0.633. The van der Waals surface area contributed by atoms with Crippen molar-refractivity contribution in [1.82, 2.24) is 0 Å². The van der Waals surface area contributed by atoms with Crippen molar-refractivity contribution < 1.29 is 14.6 Å². The minimum Gasteiger partial charge on any atom is -0.493 e. The third-order valence-corrected chi connectivity index (χ3v) is 2.22. The third kappa shape index (κ3) is 3.01. The van der Waals surface area contributed by atoms with Gasteiger partial charge in [0.1, 0.15) is 0 Å². The Bertz CT molecular complexity index is 337. The molecule has 0 atom stereocenters. The number of ether oxygens (including phenoxy) is 2. The summed E-state index contributed by atoms with van der Waals surface area (Å²) < 4.78 is 10.7. The predicted molar refractivity (Wildman–Crippen MR) is 59.7 cm³/mol. The molecule has 0 unspecified atom stereocenters. The molecule has 0 saturated heterocycles. The smallest absolute Gasteiger partial charge is 0.162 e. The van der Waals surface area contributed by atoms with Gasteiger partial charge in [-0.25, -0.2) is 0 Å². The zero-order valence-corrected chi connectivity index (χ0v) is 9.84. The number of hydrogen-bond donors (Lipinski definition) is 1. The molecule has 0 bridgehead atoms. The van der Waals surface area contributed by atoms with E-state index in [1.54, 1.807) is 19.2 Å². The first-order valence-electron chi connectivity index (χ1n) is 4.72. The molecule has 1 rings (SSSR count). The van der Waals surface area contributed by atoms with Crippen LogP contribution in [0.3, 0.4) is 0 Å². The summed E-state index contributed by atoms with van der Waals surface area (Å²) in [5.74, 6) is 1.17. The van der Waals surface area contributed by atoms with E-state index < -0.39 is 0 Å². The maximum atomic E-state index is 9.06. The second-order valence-electron chi connectivity index (χ2n) is 3.42. The average Bonchev–Trinajstić information content (AvgIpc) is 2.19. The molecule has 0 aliphatic carbocycles. The maximum Gasteiger partial charge on any atom is 0.162 e. The lowest BCUT2D eigenvalue weighted by Gasteiger charge is -2.15. The highest BCUT2D eigenvalue weighted by atomic mass is 35.5. The fourth-order valence-electron chi connectivity index (χ4n) is 1.20. The Labute approximate surface area is 94.6 Å². The van der Waals surface area contributed by atoms with Crippen molar-refractivity contribution in [2.24, 2.45) is 0 Å². The van der Waals surface area contributed by atoms with Crippen LogP contribution in [0.1, 0.15) is 19.4 Å². The van der Waals surface area contributed by atoms with Crippen molar-refractivity contribution in [3.8, 4) is 11.5 Å². The molecule has 0 aliphatic heterocycles. The molecular weight excluding hydrogens is 216 g/mol. The molecule has 1 aromatic rings. The van der Waals surface area contributed by atoms with Gasteiger partial charge in [-0.15, -0.1) is 0 Å². The SMILES string of the molecule is COc1cc(Cl)c(CO)cc1OC(C)C. The summed E-state index contributed by atoms with van der Waals surface area (Å²) in [7, 11) is 1.55. The van der Waals surface area contributed by atoms with E-state index in [1.165, 1.54) is 0 Å². The van der Waals surface area contributed by atoms with Crippen molar-refractivity contribution in [1.29, 1.82) is 0 Å². The number of benzene rings is 1. The van der Waals surface area contributed by atoms with Gasteiger partial charge in [-0.2, -0.15) is 0 Å². The monoisotopic (exact) mass is 230 g/mol. The van der Waals surface area contributed by atoms with Gasteiger partial charge in [0.05, 0.1) is 24.8 Å². The van der Waals surface area contributed by atoms with Crippen LogP contribution in [0.5, 0.6) is 11.5 Å². The molecule has 0 amide bonds. The Morgan fingerprint density at radius 1 is 1.33 bits per heavy atom. The molecule has 0 aromatic heterocycles. The van der Waals surface area contributed by atoms with Crippen LogP contribution in [0.15, 0.2) is 12.1 Å². The van der Waals surface area contributed by atoms with E-state index in [0.29, 0.717) is 22.1 Å². The van der Waals surface area contributed by atoms with E-state index in [9.17, 15) is 0 Å². The van der Waals surface area contributed by atoms with Crippen molar-refractivity contribution in [3.63, 3.8) is 0 Å². The van der Waals surface area contributed by atoms with Gasteiger partial charge >= 0.3 is 0 Å². The normalized spacial score (nSPS) is 10.5. The Hall–Kier alpha value is -0.930. The summed E-state index contributed by atoms with van der Waals surface area (Å²) in [6, 6.07) is 3.34. The second-order valence-corrected chi connectivity index (χ2v) is 3.83. The quantitative estimate of drug-likeness (QED) is 0.864. The number of rotatable bonds is 4. The molecule has 3 nitrogen and oxygen atoms in total. The summed E-state index contributed by atoms with van der Waals surface area (Å²) in [6.45, 7) is 3.73. The van der Waals surface area contributed by atoms with Gasteiger partial charge in [0.15, 0.2) is 11.5 Å². The van der Waals surface area contributed by atoms with Crippen LogP contribution in [0.25, 0.3) is 0 Å². The first kappa shape index (κ1) is 12.1. The summed E-state index contributed by atoms with van der Waals surface area (Å²) >= 11 is 5.92. The number of aliphatic hydroxyl groups excluding tert-OH is 1. The predicted octanol–water partition coefficient (Wildman–Crippen LogP) is 2.63. The van der Waals surface area contributed by atoms with Crippen LogP contribution in [0.2, 0.25) is 5.02 Å². The van der Waals surface area contributed by atoms with Crippen molar-refractivity contribution in [2.45, 2.75) is 26.6 Å².